The average molecular weight is 370 g/mol. The van der Waals surface area contributed by atoms with E-state index in [1.165, 1.54) is 13.2 Å². The fraction of sp³-hybridized carbons (Fsp3) is 0.111. The minimum absolute atomic E-state index is 0.00620. The molecule has 0 radical (unpaired) electrons. The van der Waals surface area contributed by atoms with Crippen LogP contribution in [0.1, 0.15) is 0 Å². The molecular weight excluding hydrogens is 352 g/mol. The van der Waals surface area contributed by atoms with Gasteiger partial charge in [0.1, 0.15) is 11.5 Å². The molecule has 0 spiro atoms. The third-order valence-electron chi connectivity index (χ3n) is 3.90. The van der Waals surface area contributed by atoms with Crippen LogP contribution in [0.2, 0.25) is 0 Å². The summed E-state index contributed by atoms with van der Waals surface area (Å²) in [5, 5.41) is 27.3. The molecule has 140 valence electrons. The van der Waals surface area contributed by atoms with Crippen LogP contribution in [0.15, 0.2) is 42.6 Å². The Balaban J connectivity index is 1.91. The number of nitrogens with zero attached hydrogens (tertiary/aromatic N) is 1. The first-order valence-corrected chi connectivity index (χ1v) is 7.90. The molecule has 0 unspecified atom stereocenters. The van der Waals surface area contributed by atoms with E-state index in [9.17, 15) is 15.0 Å². The number of nitrogens with two attached hydrogens (primary N) is 1. The van der Waals surface area contributed by atoms with Gasteiger partial charge in [0.15, 0.2) is 18.1 Å². The number of rotatable bonds is 6. The lowest BCUT2D eigenvalue weighted by Crippen LogP contribution is -2.34. The van der Waals surface area contributed by atoms with Crippen LogP contribution < -0.4 is 20.7 Å². The number of H-pyrrole nitrogens is 1. The fourth-order valence-electron chi connectivity index (χ4n) is 2.57. The Morgan fingerprint density at radius 3 is 2.67 bits per heavy atom. The number of carbonyl (C=O) groups is 1. The molecular formula is C18H18N4O5. The molecule has 0 aliphatic rings. The first kappa shape index (κ1) is 18.1. The minimum Gasteiger partial charge on any atom is -0.507 e. The number of ether oxygens (including phenoxy) is 2. The number of aromatic hydroxyl groups is 2. The van der Waals surface area contributed by atoms with Crippen LogP contribution in [0.4, 0.5) is 0 Å². The summed E-state index contributed by atoms with van der Waals surface area (Å²) in [4.78, 5) is 11.1. The fourth-order valence-corrected chi connectivity index (χ4v) is 2.57. The Bertz CT molecular complexity index is 970. The summed E-state index contributed by atoms with van der Waals surface area (Å²) in [6.45, 7) is -0.268. The van der Waals surface area contributed by atoms with Crippen LogP contribution in [0.5, 0.6) is 23.0 Å². The second-order valence-corrected chi connectivity index (χ2v) is 5.58. The molecule has 0 atom stereocenters. The number of aromatic nitrogens is 2. The van der Waals surface area contributed by atoms with Crippen molar-refractivity contribution in [3.8, 4) is 45.4 Å². The van der Waals surface area contributed by atoms with E-state index < -0.39 is 5.91 Å². The van der Waals surface area contributed by atoms with Gasteiger partial charge in [0.05, 0.1) is 19.0 Å². The predicted molar refractivity (Wildman–Crippen MR) is 97.2 cm³/mol. The molecule has 1 heterocycles. The Morgan fingerprint density at radius 2 is 2.00 bits per heavy atom. The molecule has 27 heavy (non-hydrogen) atoms. The number of nitrogens with one attached hydrogen (secondary N) is 2. The van der Waals surface area contributed by atoms with E-state index in [4.69, 9.17) is 15.3 Å². The second-order valence-electron chi connectivity index (χ2n) is 5.58. The van der Waals surface area contributed by atoms with E-state index in [0.717, 1.165) is 0 Å². The highest BCUT2D eigenvalue weighted by molar-refractivity contribution is 5.84. The van der Waals surface area contributed by atoms with Gasteiger partial charge in [-0.05, 0) is 29.8 Å². The zero-order chi connectivity index (χ0) is 19.4. The number of hydrogen-bond acceptors (Lipinski definition) is 7. The maximum atomic E-state index is 11.1. The van der Waals surface area contributed by atoms with Crippen molar-refractivity contribution >= 4 is 5.91 Å². The van der Waals surface area contributed by atoms with E-state index in [1.807, 2.05) is 5.43 Å². The number of aromatic amines is 1. The first-order chi connectivity index (χ1) is 13.0. The van der Waals surface area contributed by atoms with Crippen LogP contribution in [-0.4, -0.2) is 40.0 Å². The molecule has 0 bridgehead atoms. The SMILES string of the molecule is COc1ccc(-c2cn[nH]c2-c2ccc(OCC(=O)NN)cc2O)cc1O. The van der Waals surface area contributed by atoms with Crippen molar-refractivity contribution in [1.82, 2.24) is 15.6 Å². The van der Waals surface area contributed by atoms with Gasteiger partial charge in [-0.3, -0.25) is 15.3 Å². The summed E-state index contributed by atoms with van der Waals surface area (Å²) in [6, 6.07) is 9.58. The van der Waals surface area contributed by atoms with Crippen molar-refractivity contribution in [2.45, 2.75) is 0 Å². The normalized spacial score (nSPS) is 10.4. The van der Waals surface area contributed by atoms with Crippen LogP contribution in [-0.2, 0) is 4.79 Å². The van der Waals surface area contributed by atoms with E-state index in [2.05, 4.69) is 10.2 Å². The molecule has 1 amide bonds. The Morgan fingerprint density at radius 1 is 1.19 bits per heavy atom. The van der Waals surface area contributed by atoms with Gasteiger partial charge in [0, 0.05) is 17.2 Å². The third-order valence-corrected chi connectivity index (χ3v) is 3.90. The van der Waals surface area contributed by atoms with Crippen molar-refractivity contribution in [2.75, 3.05) is 13.7 Å². The number of hydrogen-bond donors (Lipinski definition) is 5. The molecule has 3 rings (SSSR count). The number of phenolic OH excluding ortho intramolecular Hbond substituents is 2. The summed E-state index contributed by atoms with van der Waals surface area (Å²) in [6.07, 6.45) is 1.59. The Labute approximate surface area is 154 Å². The topological polar surface area (TPSA) is 143 Å². The lowest BCUT2D eigenvalue weighted by molar-refractivity contribution is -0.123. The summed E-state index contributed by atoms with van der Waals surface area (Å²) < 4.78 is 10.3. The monoisotopic (exact) mass is 370 g/mol. The quantitative estimate of drug-likeness (QED) is 0.251. The van der Waals surface area contributed by atoms with Crippen molar-refractivity contribution < 1.29 is 24.5 Å². The molecule has 6 N–H and O–H groups in total. The second kappa shape index (κ2) is 7.67. The predicted octanol–water partition coefficient (Wildman–Crippen LogP) is 1.53. The molecule has 1 aromatic heterocycles. The van der Waals surface area contributed by atoms with Crippen molar-refractivity contribution in [3.63, 3.8) is 0 Å². The number of amides is 1. The Hall–Kier alpha value is -3.72. The number of phenols is 2. The summed E-state index contributed by atoms with van der Waals surface area (Å²) in [5.74, 6) is 5.09. The molecule has 0 fully saturated rings. The molecule has 2 aromatic carbocycles. The lowest BCUT2D eigenvalue weighted by Gasteiger charge is -2.10. The highest BCUT2D eigenvalue weighted by atomic mass is 16.5. The average Bonchev–Trinajstić information content (AvgIpc) is 3.15. The van der Waals surface area contributed by atoms with Gasteiger partial charge in [-0.25, -0.2) is 5.84 Å². The highest BCUT2D eigenvalue weighted by Gasteiger charge is 2.16. The summed E-state index contributed by atoms with van der Waals surface area (Å²) in [5.41, 5.74) is 4.36. The maximum absolute atomic E-state index is 11.1. The van der Waals surface area contributed by atoms with E-state index in [0.29, 0.717) is 33.9 Å². The zero-order valence-electron chi connectivity index (χ0n) is 14.4. The first-order valence-electron chi connectivity index (χ1n) is 7.90. The van der Waals surface area contributed by atoms with E-state index >= 15 is 0 Å². The van der Waals surface area contributed by atoms with Crippen LogP contribution in [0.3, 0.4) is 0 Å². The third kappa shape index (κ3) is 3.77. The van der Waals surface area contributed by atoms with Gasteiger partial charge in [0.2, 0.25) is 0 Å². The number of carbonyl (C=O) groups excluding carboxylic acids is 1. The van der Waals surface area contributed by atoms with Crippen molar-refractivity contribution in [2.24, 2.45) is 5.84 Å². The van der Waals surface area contributed by atoms with Crippen LogP contribution in [0, 0.1) is 0 Å². The van der Waals surface area contributed by atoms with Gasteiger partial charge in [0.25, 0.3) is 5.91 Å². The zero-order valence-corrected chi connectivity index (χ0v) is 14.4. The van der Waals surface area contributed by atoms with Gasteiger partial charge in [-0.15, -0.1) is 0 Å². The van der Waals surface area contributed by atoms with Gasteiger partial charge in [-0.2, -0.15) is 5.10 Å². The number of methoxy groups -OCH3 is 1. The van der Waals surface area contributed by atoms with Crippen molar-refractivity contribution in [3.05, 3.63) is 42.6 Å². The lowest BCUT2D eigenvalue weighted by atomic mass is 10.0. The van der Waals surface area contributed by atoms with Crippen LogP contribution in [0.25, 0.3) is 22.4 Å². The van der Waals surface area contributed by atoms with Crippen molar-refractivity contribution in [1.29, 1.82) is 0 Å². The molecule has 9 heteroatoms. The van der Waals surface area contributed by atoms with Crippen LogP contribution >= 0.6 is 0 Å². The van der Waals surface area contributed by atoms with E-state index in [-0.39, 0.29) is 18.1 Å². The standard InChI is InChI=1S/C18H18N4O5/c1-26-16-5-2-10(6-15(16)24)13-8-20-22-18(13)12-4-3-11(7-14(12)23)27-9-17(25)21-19/h2-8,23-24H,9,19H2,1H3,(H,20,22)(H,21,25). The number of benzene rings is 2. The molecule has 0 aliphatic carbocycles. The van der Waals surface area contributed by atoms with Gasteiger partial charge >= 0.3 is 0 Å². The largest absolute Gasteiger partial charge is 0.507 e. The van der Waals surface area contributed by atoms with Gasteiger partial charge in [-0.1, -0.05) is 6.07 Å². The highest BCUT2D eigenvalue weighted by Crippen LogP contribution is 2.39. The Kier molecular flexibility index (Phi) is 5.13. The molecule has 9 nitrogen and oxygen atoms in total. The minimum atomic E-state index is -0.492. The van der Waals surface area contributed by atoms with E-state index in [1.54, 1.807) is 36.5 Å². The molecule has 0 saturated carbocycles. The van der Waals surface area contributed by atoms with Gasteiger partial charge < -0.3 is 19.7 Å². The molecule has 0 saturated heterocycles. The molecule has 3 aromatic rings. The smallest absolute Gasteiger partial charge is 0.271 e. The number of hydrazine groups is 1. The summed E-state index contributed by atoms with van der Waals surface area (Å²) in [7, 11) is 1.47. The molecule has 0 aliphatic heterocycles. The maximum Gasteiger partial charge on any atom is 0.271 e. The summed E-state index contributed by atoms with van der Waals surface area (Å²) >= 11 is 0.